The second-order valence-corrected chi connectivity index (χ2v) is 4.67. The zero-order valence-electron chi connectivity index (χ0n) is 11.1. The maximum atomic E-state index is 11.9. The Morgan fingerprint density at radius 3 is 2.41 bits per heavy atom. The molecule has 1 aliphatic rings. The molecule has 2 N–H and O–H groups in total. The van der Waals surface area contributed by atoms with Crippen LogP contribution in [0, 0.1) is 0 Å². The first-order valence-electron chi connectivity index (χ1n) is 6.32. The van der Waals surface area contributed by atoms with Gasteiger partial charge in [0, 0.05) is 11.6 Å². The molecular weight excluding hydrogens is 286 g/mol. The average Bonchev–Trinajstić information content (AvgIpc) is 2.52. The van der Waals surface area contributed by atoms with E-state index in [2.05, 4.69) is 4.98 Å². The van der Waals surface area contributed by atoms with Gasteiger partial charge in [-0.15, -0.1) is 0 Å². The number of allylic oxidation sites excluding steroid dienone is 1. The average molecular weight is 295 g/mol. The zero-order valence-corrected chi connectivity index (χ0v) is 11.1. The zero-order chi connectivity index (χ0) is 15.9. The number of aromatic carboxylic acids is 1. The fourth-order valence-corrected chi connectivity index (χ4v) is 2.27. The lowest BCUT2D eigenvalue weighted by Gasteiger charge is -2.15. The molecule has 1 aromatic heterocycles. The second-order valence-electron chi connectivity index (χ2n) is 4.67. The summed E-state index contributed by atoms with van der Waals surface area (Å²) in [6.07, 6.45) is 0.748. The highest BCUT2D eigenvalue weighted by Crippen LogP contribution is 2.29. The normalized spacial score (nSPS) is 13.5. The van der Waals surface area contributed by atoms with Crippen molar-refractivity contribution < 1.29 is 24.6 Å². The van der Waals surface area contributed by atoms with Crippen molar-refractivity contribution in [1.82, 2.24) is 4.98 Å². The van der Waals surface area contributed by atoms with Crippen LogP contribution in [0.1, 0.15) is 26.4 Å². The van der Waals surface area contributed by atoms with E-state index in [0.717, 1.165) is 6.08 Å². The fraction of sp³-hybridized carbons (Fsp3) is 0. The molecule has 3 rings (SSSR count). The van der Waals surface area contributed by atoms with Crippen LogP contribution in [0.2, 0.25) is 0 Å². The minimum Gasteiger partial charge on any atom is -0.506 e. The molecule has 0 atom stereocenters. The van der Waals surface area contributed by atoms with Crippen molar-refractivity contribution in [2.75, 3.05) is 0 Å². The molecule has 6 heteroatoms. The van der Waals surface area contributed by atoms with Crippen molar-refractivity contribution in [1.29, 1.82) is 0 Å². The molecule has 0 unspecified atom stereocenters. The predicted molar refractivity (Wildman–Crippen MR) is 76.6 cm³/mol. The van der Waals surface area contributed by atoms with E-state index in [1.165, 1.54) is 6.07 Å². The quantitative estimate of drug-likeness (QED) is 0.822. The maximum Gasteiger partial charge on any atom is 0.336 e. The molecule has 0 saturated heterocycles. The molecule has 1 aliphatic carbocycles. The van der Waals surface area contributed by atoms with Crippen LogP contribution in [0.25, 0.3) is 17.0 Å². The third-order valence-electron chi connectivity index (χ3n) is 3.28. The topological polar surface area (TPSA) is 105 Å². The van der Waals surface area contributed by atoms with Crippen LogP contribution in [0.5, 0.6) is 0 Å². The Hall–Kier alpha value is -3.28. The van der Waals surface area contributed by atoms with Crippen molar-refractivity contribution in [2.24, 2.45) is 0 Å². The van der Waals surface area contributed by atoms with E-state index in [-0.39, 0.29) is 16.8 Å². The van der Waals surface area contributed by atoms with Crippen molar-refractivity contribution in [3.63, 3.8) is 0 Å². The number of carboxylic acids is 1. The molecule has 108 valence electrons. The van der Waals surface area contributed by atoms with Gasteiger partial charge in [-0.1, -0.05) is 30.3 Å². The number of carboxylic acid groups (broad SMARTS) is 1. The highest BCUT2D eigenvalue weighted by molar-refractivity contribution is 6.51. The van der Waals surface area contributed by atoms with Gasteiger partial charge in [0.15, 0.2) is 0 Å². The minimum absolute atomic E-state index is 0.191. The van der Waals surface area contributed by atoms with E-state index in [4.69, 9.17) is 0 Å². The van der Waals surface area contributed by atoms with Gasteiger partial charge in [0.1, 0.15) is 11.5 Å². The summed E-state index contributed by atoms with van der Waals surface area (Å²) in [5, 5.41) is 19.2. The first-order valence-corrected chi connectivity index (χ1v) is 6.32. The van der Waals surface area contributed by atoms with Crippen LogP contribution in [0.3, 0.4) is 0 Å². The SMILES string of the molecule is O=C1C=C(O)c2nc(-c3ccccc3)cc(C(=O)O)c2C1=O. The van der Waals surface area contributed by atoms with E-state index < -0.39 is 23.3 Å². The minimum atomic E-state index is -1.37. The van der Waals surface area contributed by atoms with Crippen LogP contribution in [0.4, 0.5) is 0 Å². The Morgan fingerprint density at radius 2 is 1.77 bits per heavy atom. The summed E-state index contributed by atoms with van der Waals surface area (Å²) in [6, 6.07) is 9.95. The Kier molecular flexibility index (Phi) is 3.06. The van der Waals surface area contributed by atoms with Crippen molar-refractivity contribution in [2.45, 2.75) is 0 Å². The van der Waals surface area contributed by atoms with Gasteiger partial charge in [-0.25, -0.2) is 9.78 Å². The number of nitrogens with zero attached hydrogens (tertiary/aromatic N) is 1. The Balaban J connectivity index is 2.33. The fourth-order valence-electron chi connectivity index (χ4n) is 2.27. The summed E-state index contributed by atoms with van der Waals surface area (Å²) >= 11 is 0. The summed E-state index contributed by atoms with van der Waals surface area (Å²) < 4.78 is 0. The third-order valence-corrected chi connectivity index (χ3v) is 3.28. The van der Waals surface area contributed by atoms with Gasteiger partial charge in [-0.3, -0.25) is 9.59 Å². The number of fused-ring (bicyclic) bond motifs is 1. The molecule has 0 amide bonds. The molecule has 22 heavy (non-hydrogen) atoms. The van der Waals surface area contributed by atoms with E-state index in [1.54, 1.807) is 30.3 Å². The first-order chi connectivity index (χ1) is 10.5. The van der Waals surface area contributed by atoms with E-state index in [1.807, 2.05) is 0 Å². The van der Waals surface area contributed by atoms with Crippen LogP contribution in [-0.2, 0) is 4.79 Å². The van der Waals surface area contributed by atoms with E-state index in [0.29, 0.717) is 11.3 Å². The standard InChI is InChI=1S/C16H9NO5/c18-11-7-12(19)15(20)13-9(16(21)22)6-10(17-14(11)13)8-4-2-1-3-5-8/h1-7,18H,(H,21,22). The van der Waals surface area contributed by atoms with Crippen LogP contribution < -0.4 is 0 Å². The lowest BCUT2D eigenvalue weighted by Crippen LogP contribution is -2.23. The Labute approximate surface area is 124 Å². The number of pyridine rings is 1. The van der Waals surface area contributed by atoms with Crippen molar-refractivity contribution in [3.8, 4) is 11.3 Å². The number of hydrogen-bond acceptors (Lipinski definition) is 5. The lowest BCUT2D eigenvalue weighted by atomic mass is 9.92. The van der Waals surface area contributed by atoms with E-state index in [9.17, 15) is 24.6 Å². The summed E-state index contributed by atoms with van der Waals surface area (Å²) in [5.41, 5.74) is -0.00816. The molecule has 2 aromatic rings. The summed E-state index contributed by atoms with van der Waals surface area (Å²) in [6.45, 7) is 0. The highest BCUT2D eigenvalue weighted by Gasteiger charge is 2.32. The van der Waals surface area contributed by atoms with Gasteiger partial charge in [0.05, 0.1) is 16.8 Å². The summed E-state index contributed by atoms with van der Waals surface area (Å²) in [5.74, 6) is -3.84. The van der Waals surface area contributed by atoms with Gasteiger partial charge in [0.25, 0.3) is 0 Å². The number of benzene rings is 1. The second kappa shape index (κ2) is 4.92. The van der Waals surface area contributed by atoms with Crippen LogP contribution in [-0.4, -0.2) is 32.7 Å². The molecule has 1 aromatic carbocycles. The summed E-state index contributed by atoms with van der Waals surface area (Å²) in [7, 11) is 0. The number of aliphatic hydroxyl groups excluding tert-OH is 1. The largest absolute Gasteiger partial charge is 0.506 e. The number of ketones is 2. The van der Waals surface area contributed by atoms with Crippen molar-refractivity contribution in [3.05, 3.63) is 59.3 Å². The molecule has 0 saturated carbocycles. The molecule has 0 bridgehead atoms. The highest BCUT2D eigenvalue weighted by atomic mass is 16.4. The third kappa shape index (κ3) is 2.07. The molecule has 0 spiro atoms. The van der Waals surface area contributed by atoms with Crippen LogP contribution in [0.15, 0.2) is 42.5 Å². The van der Waals surface area contributed by atoms with Gasteiger partial charge in [-0.2, -0.15) is 0 Å². The Morgan fingerprint density at radius 1 is 1.09 bits per heavy atom. The van der Waals surface area contributed by atoms with Crippen molar-refractivity contribution >= 4 is 23.3 Å². The van der Waals surface area contributed by atoms with Gasteiger partial charge >= 0.3 is 5.97 Å². The molecular formula is C16H9NO5. The molecule has 6 nitrogen and oxygen atoms in total. The number of Topliss-reactive ketones (excluding diaryl/α,β-unsaturated/α-hetero) is 1. The van der Waals surface area contributed by atoms with Crippen LogP contribution >= 0.6 is 0 Å². The molecule has 0 radical (unpaired) electrons. The van der Waals surface area contributed by atoms with Gasteiger partial charge < -0.3 is 10.2 Å². The van der Waals surface area contributed by atoms with Gasteiger partial charge in [0.2, 0.25) is 11.6 Å². The maximum absolute atomic E-state index is 11.9. The molecule has 0 fully saturated rings. The molecule has 0 aliphatic heterocycles. The smallest absolute Gasteiger partial charge is 0.336 e. The monoisotopic (exact) mass is 295 g/mol. The molecule has 1 heterocycles. The first kappa shape index (κ1) is 13.7. The number of rotatable bonds is 2. The summed E-state index contributed by atoms with van der Waals surface area (Å²) in [4.78, 5) is 39.0. The number of carbonyl (C=O) groups is 3. The Bertz CT molecular complexity index is 852. The number of carbonyl (C=O) groups excluding carboxylic acids is 2. The van der Waals surface area contributed by atoms with Gasteiger partial charge in [-0.05, 0) is 6.07 Å². The predicted octanol–water partition coefficient (Wildman–Crippen LogP) is 2.11. The number of aliphatic hydroxyl groups is 1. The van der Waals surface area contributed by atoms with E-state index >= 15 is 0 Å². The lowest BCUT2D eigenvalue weighted by molar-refractivity contribution is -0.111. The number of aromatic nitrogens is 1. The number of hydrogen-bond donors (Lipinski definition) is 2.